The molecule has 0 aromatic carbocycles. The maximum atomic E-state index is 5.59. The summed E-state index contributed by atoms with van der Waals surface area (Å²) in [7, 11) is 0. The predicted octanol–water partition coefficient (Wildman–Crippen LogP) is 1.34. The summed E-state index contributed by atoms with van der Waals surface area (Å²) in [5, 5.41) is 2.90. The maximum Gasteiger partial charge on any atom is 0.187 e. The van der Waals surface area contributed by atoms with Crippen molar-refractivity contribution in [2.75, 3.05) is 30.3 Å². The van der Waals surface area contributed by atoms with Crippen molar-refractivity contribution in [2.45, 2.75) is 19.4 Å². The lowest BCUT2D eigenvalue weighted by Crippen LogP contribution is -2.42. The molecule has 1 fully saturated rings. The summed E-state index contributed by atoms with van der Waals surface area (Å²) in [6, 6.07) is 0. The number of ether oxygens (including phenoxy) is 1. The molecule has 4 nitrogen and oxygen atoms in total. The number of hydrogen-bond acceptors (Lipinski definition) is 5. The first-order valence-corrected chi connectivity index (χ1v) is 5.75. The minimum absolute atomic E-state index is 0.342. The van der Waals surface area contributed by atoms with Crippen LogP contribution < -0.4 is 10.6 Å². The van der Waals surface area contributed by atoms with Crippen LogP contribution >= 0.6 is 11.3 Å². The summed E-state index contributed by atoms with van der Waals surface area (Å²) in [6.45, 7) is 4.79. The standard InChI is InChI=1S/C9H15N3OS/c1-2-7-5-12(3-4-13-7)9-11-8(10)6-14-9/h6-7H,2-5,10H2,1H3/t7-/m1/s1. The van der Waals surface area contributed by atoms with Gasteiger partial charge in [-0.3, -0.25) is 0 Å². The lowest BCUT2D eigenvalue weighted by atomic mass is 10.2. The highest BCUT2D eigenvalue weighted by molar-refractivity contribution is 7.14. The fourth-order valence-electron chi connectivity index (χ4n) is 1.56. The first-order chi connectivity index (χ1) is 6.79. The molecule has 0 amide bonds. The van der Waals surface area contributed by atoms with E-state index in [2.05, 4.69) is 16.8 Å². The normalized spacial score (nSPS) is 22.6. The topological polar surface area (TPSA) is 51.4 Å². The molecule has 0 saturated carbocycles. The Balaban J connectivity index is 2.04. The van der Waals surface area contributed by atoms with Crippen molar-refractivity contribution in [3.05, 3.63) is 5.38 Å². The van der Waals surface area contributed by atoms with Crippen molar-refractivity contribution in [3.63, 3.8) is 0 Å². The smallest absolute Gasteiger partial charge is 0.187 e. The van der Waals surface area contributed by atoms with Crippen molar-refractivity contribution >= 4 is 22.3 Å². The average Bonchev–Trinajstić information content (AvgIpc) is 2.65. The van der Waals surface area contributed by atoms with E-state index >= 15 is 0 Å². The van der Waals surface area contributed by atoms with E-state index in [0.717, 1.165) is 31.2 Å². The molecule has 78 valence electrons. The number of nitrogens with zero attached hydrogens (tertiary/aromatic N) is 2. The molecule has 1 aliphatic rings. The van der Waals surface area contributed by atoms with Gasteiger partial charge in [-0.25, -0.2) is 4.98 Å². The third-order valence-electron chi connectivity index (χ3n) is 2.37. The van der Waals surface area contributed by atoms with Crippen LogP contribution in [0, 0.1) is 0 Å². The van der Waals surface area contributed by atoms with E-state index in [1.54, 1.807) is 11.3 Å². The molecule has 2 N–H and O–H groups in total. The van der Waals surface area contributed by atoms with E-state index in [9.17, 15) is 0 Å². The molecule has 0 radical (unpaired) electrons. The lowest BCUT2D eigenvalue weighted by Gasteiger charge is -2.32. The van der Waals surface area contributed by atoms with Crippen molar-refractivity contribution in [2.24, 2.45) is 0 Å². The fourth-order valence-corrected chi connectivity index (χ4v) is 2.31. The molecule has 0 spiro atoms. The van der Waals surface area contributed by atoms with Crippen LogP contribution in [0.1, 0.15) is 13.3 Å². The molecule has 2 heterocycles. The van der Waals surface area contributed by atoms with Gasteiger partial charge in [0.15, 0.2) is 5.13 Å². The van der Waals surface area contributed by atoms with Gasteiger partial charge in [-0.05, 0) is 6.42 Å². The first-order valence-electron chi connectivity index (χ1n) is 4.87. The summed E-state index contributed by atoms with van der Waals surface area (Å²) in [4.78, 5) is 6.52. The number of nitrogen functional groups attached to an aromatic ring is 1. The second-order valence-electron chi connectivity index (χ2n) is 3.40. The van der Waals surface area contributed by atoms with E-state index in [4.69, 9.17) is 10.5 Å². The highest BCUT2D eigenvalue weighted by Crippen LogP contribution is 2.23. The monoisotopic (exact) mass is 213 g/mol. The molecular formula is C9H15N3OS. The zero-order chi connectivity index (χ0) is 9.97. The first kappa shape index (κ1) is 9.73. The summed E-state index contributed by atoms with van der Waals surface area (Å²) < 4.78 is 5.59. The van der Waals surface area contributed by atoms with Gasteiger partial charge < -0.3 is 15.4 Å². The number of anilines is 2. The van der Waals surface area contributed by atoms with Gasteiger partial charge in [0.2, 0.25) is 0 Å². The summed E-state index contributed by atoms with van der Waals surface area (Å²) in [5.41, 5.74) is 5.59. The minimum Gasteiger partial charge on any atom is -0.383 e. The number of nitrogens with two attached hydrogens (primary N) is 1. The largest absolute Gasteiger partial charge is 0.383 e. The van der Waals surface area contributed by atoms with E-state index < -0.39 is 0 Å². The Morgan fingerprint density at radius 2 is 2.64 bits per heavy atom. The van der Waals surface area contributed by atoms with E-state index in [-0.39, 0.29) is 0 Å². The Kier molecular flexibility index (Phi) is 2.88. The molecular weight excluding hydrogens is 198 g/mol. The van der Waals surface area contributed by atoms with Crippen molar-refractivity contribution in [1.82, 2.24) is 4.98 Å². The average molecular weight is 213 g/mol. The van der Waals surface area contributed by atoms with Crippen molar-refractivity contribution < 1.29 is 4.74 Å². The van der Waals surface area contributed by atoms with Crippen LogP contribution in [0.5, 0.6) is 0 Å². The van der Waals surface area contributed by atoms with Crippen molar-refractivity contribution in [3.8, 4) is 0 Å². The Morgan fingerprint density at radius 3 is 3.29 bits per heavy atom. The Labute approximate surface area is 87.7 Å². The zero-order valence-corrected chi connectivity index (χ0v) is 9.09. The van der Waals surface area contributed by atoms with Gasteiger partial charge in [-0.15, -0.1) is 11.3 Å². The number of hydrogen-bond donors (Lipinski definition) is 1. The predicted molar refractivity (Wildman–Crippen MR) is 58.8 cm³/mol. The lowest BCUT2D eigenvalue weighted by molar-refractivity contribution is 0.0384. The third kappa shape index (κ3) is 1.99. The molecule has 1 saturated heterocycles. The fraction of sp³-hybridized carbons (Fsp3) is 0.667. The molecule has 1 atom stereocenters. The van der Waals surface area contributed by atoms with Gasteiger partial charge >= 0.3 is 0 Å². The van der Waals surface area contributed by atoms with Gasteiger partial charge in [-0.1, -0.05) is 6.92 Å². The summed E-state index contributed by atoms with van der Waals surface area (Å²) >= 11 is 1.60. The summed E-state index contributed by atoms with van der Waals surface area (Å²) in [6.07, 6.45) is 1.39. The molecule has 1 aliphatic heterocycles. The van der Waals surface area contributed by atoms with E-state index in [1.807, 2.05) is 5.38 Å². The van der Waals surface area contributed by atoms with Crippen LogP contribution in [-0.2, 0) is 4.74 Å². The van der Waals surface area contributed by atoms with Crippen LogP contribution in [0.4, 0.5) is 10.9 Å². The molecule has 1 aromatic heterocycles. The Bertz CT molecular complexity index is 302. The van der Waals surface area contributed by atoms with Crippen LogP contribution in [0.2, 0.25) is 0 Å². The molecule has 0 bridgehead atoms. The van der Waals surface area contributed by atoms with E-state index in [0.29, 0.717) is 11.9 Å². The van der Waals surface area contributed by atoms with Crippen LogP contribution in [0.25, 0.3) is 0 Å². The third-order valence-corrected chi connectivity index (χ3v) is 3.29. The second-order valence-corrected chi connectivity index (χ2v) is 4.24. The number of thiazole rings is 1. The zero-order valence-electron chi connectivity index (χ0n) is 8.27. The van der Waals surface area contributed by atoms with Crippen LogP contribution in [0.3, 0.4) is 0 Å². The molecule has 0 aliphatic carbocycles. The number of rotatable bonds is 2. The highest BCUT2D eigenvalue weighted by Gasteiger charge is 2.20. The summed E-state index contributed by atoms with van der Waals surface area (Å²) in [5.74, 6) is 0.615. The van der Waals surface area contributed by atoms with Gasteiger partial charge in [0, 0.05) is 18.5 Å². The van der Waals surface area contributed by atoms with Crippen LogP contribution in [-0.4, -0.2) is 30.8 Å². The molecule has 14 heavy (non-hydrogen) atoms. The molecule has 1 aromatic rings. The van der Waals surface area contributed by atoms with Crippen molar-refractivity contribution in [1.29, 1.82) is 0 Å². The maximum absolute atomic E-state index is 5.59. The Morgan fingerprint density at radius 1 is 1.79 bits per heavy atom. The highest BCUT2D eigenvalue weighted by atomic mass is 32.1. The van der Waals surface area contributed by atoms with Gasteiger partial charge in [0.05, 0.1) is 12.7 Å². The Hall–Kier alpha value is -0.810. The van der Waals surface area contributed by atoms with Crippen LogP contribution in [0.15, 0.2) is 5.38 Å². The second kappa shape index (κ2) is 4.14. The van der Waals surface area contributed by atoms with Gasteiger partial charge in [0.25, 0.3) is 0 Å². The molecule has 5 heteroatoms. The quantitative estimate of drug-likeness (QED) is 0.805. The molecule has 0 unspecified atom stereocenters. The SMILES string of the molecule is CC[C@@H]1CN(c2nc(N)cs2)CCO1. The number of morpholine rings is 1. The number of aromatic nitrogens is 1. The van der Waals surface area contributed by atoms with Gasteiger partial charge in [0.1, 0.15) is 5.82 Å². The molecule has 2 rings (SSSR count). The minimum atomic E-state index is 0.342. The van der Waals surface area contributed by atoms with Gasteiger partial charge in [-0.2, -0.15) is 0 Å². The van der Waals surface area contributed by atoms with E-state index in [1.165, 1.54) is 0 Å².